The zero-order valence-electron chi connectivity index (χ0n) is 22.6. The van der Waals surface area contributed by atoms with Gasteiger partial charge >= 0.3 is 17.9 Å². The van der Waals surface area contributed by atoms with E-state index in [1.54, 1.807) is 12.1 Å². The molecule has 14 nitrogen and oxygen atoms in total. The van der Waals surface area contributed by atoms with E-state index in [2.05, 4.69) is 0 Å². The Morgan fingerprint density at radius 2 is 1.81 bits per heavy atom. The molecule has 3 heterocycles. The van der Waals surface area contributed by atoms with Gasteiger partial charge in [-0.25, -0.2) is 14.4 Å². The number of phenolic OH excluding ortho intramolecular Hbond substituents is 1. The Morgan fingerprint density at radius 3 is 2.49 bits per heavy atom. The van der Waals surface area contributed by atoms with Crippen molar-refractivity contribution < 1.29 is 68.7 Å². The number of ether oxygens (including phenoxy) is 5. The predicted octanol–water partition coefficient (Wildman–Crippen LogP) is -0.497. The fourth-order valence-electron chi connectivity index (χ4n) is 5.48. The van der Waals surface area contributed by atoms with E-state index in [0.717, 1.165) is 12.3 Å². The Labute approximate surface area is 244 Å². The van der Waals surface area contributed by atoms with Gasteiger partial charge in [-0.05, 0) is 42.8 Å². The molecule has 1 fully saturated rings. The van der Waals surface area contributed by atoms with Crippen LogP contribution in [0.15, 0.2) is 66.0 Å². The fourth-order valence-corrected chi connectivity index (χ4v) is 5.48. The highest BCUT2D eigenvalue weighted by Crippen LogP contribution is 2.50. The summed E-state index contributed by atoms with van der Waals surface area (Å²) in [7, 11) is 0. The first-order valence-electron chi connectivity index (χ1n) is 13.3. The molecule has 4 aliphatic rings. The summed E-state index contributed by atoms with van der Waals surface area (Å²) in [4.78, 5) is 37.5. The van der Waals surface area contributed by atoms with Gasteiger partial charge in [0, 0.05) is 12.0 Å². The standard InChI is InChI=1S/C29H30O14/c1-13(40-20(32)7-4-14-2-5-15(31)6-3-14)17-10-29(43-26(17)38)9-8-16-18(25(36)37)12-39-27(21(16)29)42-28-24(35)23(34)22(33)19(11-30)41-28/h2-10,12-13,16,19,21-24,27-28,30-31,33-35H,11H2,1H3,(H,36,37). The Bertz CT molecular complexity index is 1380. The van der Waals surface area contributed by atoms with E-state index in [1.807, 2.05) is 0 Å². The molecule has 0 aromatic heterocycles. The molecule has 43 heavy (non-hydrogen) atoms. The fraction of sp³-hybridized carbons (Fsp3) is 0.414. The van der Waals surface area contributed by atoms with E-state index >= 15 is 0 Å². The molecule has 3 aliphatic heterocycles. The molecular formula is C29H30O14. The van der Waals surface area contributed by atoms with Crippen LogP contribution >= 0.6 is 0 Å². The minimum absolute atomic E-state index is 0.0327. The number of aromatic hydroxyl groups is 1. The molecular weight excluding hydrogens is 572 g/mol. The zero-order chi connectivity index (χ0) is 31.1. The number of carbonyl (C=O) groups excluding carboxylic acids is 2. The van der Waals surface area contributed by atoms with Crippen LogP contribution in [0.4, 0.5) is 0 Å². The first-order valence-corrected chi connectivity index (χ1v) is 13.3. The monoisotopic (exact) mass is 602 g/mol. The lowest BCUT2D eigenvalue weighted by Crippen LogP contribution is -2.60. The van der Waals surface area contributed by atoms with Crippen LogP contribution in [0.1, 0.15) is 12.5 Å². The number of aliphatic hydroxyl groups excluding tert-OH is 4. The quantitative estimate of drug-likeness (QED) is 0.126. The number of aliphatic hydroxyl groups is 4. The summed E-state index contributed by atoms with van der Waals surface area (Å²) < 4.78 is 27.9. The van der Waals surface area contributed by atoms with Crippen molar-refractivity contribution in [2.75, 3.05) is 6.61 Å². The topological polar surface area (TPSA) is 219 Å². The van der Waals surface area contributed by atoms with Crippen LogP contribution in [0.2, 0.25) is 0 Å². The second-order valence-corrected chi connectivity index (χ2v) is 10.5. The summed E-state index contributed by atoms with van der Waals surface area (Å²) in [6, 6.07) is 6.06. The lowest BCUT2D eigenvalue weighted by molar-refractivity contribution is -0.344. The molecule has 1 spiro atoms. The van der Waals surface area contributed by atoms with Gasteiger partial charge in [-0.1, -0.05) is 18.2 Å². The predicted molar refractivity (Wildman–Crippen MR) is 141 cm³/mol. The number of phenols is 1. The lowest BCUT2D eigenvalue weighted by Gasteiger charge is -2.44. The van der Waals surface area contributed by atoms with Crippen LogP contribution in [-0.2, 0) is 38.1 Å². The van der Waals surface area contributed by atoms with E-state index < -0.39 is 85.1 Å². The molecule has 10 unspecified atom stereocenters. The van der Waals surface area contributed by atoms with E-state index in [1.165, 1.54) is 43.4 Å². The molecule has 0 radical (unpaired) electrons. The van der Waals surface area contributed by atoms with Gasteiger partial charge in [-0.2, -0.15) is 0 Å². The number of carboxylic acids is 1. The van der Waals surface area contributed by atoms with Gasteiger partial charge in [0.1, 0.15) is 36.3 Å². The summed E-state index contributed by atoms with van der Waals surface area (Å²) in [5.41, 5.74) is -1.21. The number of hydrogen-bond acceptors (Lipinski definition) is 13. The van der Waals surface area contributed by atoms with Gasteiger partial charge in [0.2, 0.25) is 6.29 Å². The van der Waals surface area contributed by atoms with Gasteiger partial charge in [-0.3, -0.25) is 0 Å². The Morgan fingerprint density at radius 1 is 1.09 bits per heavy atom. The average molecular weight is 603 g/mol. The highest BCUT2D eigenvalue weighted by atomic mass is 16.8. The molecule has 5 rings (SSSR count). The number of fused-ring (bicyclic) bond motifs is 2. The van der Waals surface area contributed by atoms with Gasteiger partial charge in [0.05, 0.1) is 29.9 Å². The summed E-state index contributed by atoms with van der Waals surface area (Å²) in [6.45, 7) is 0.748. The van der Waals surface area contributed by atoms with Crippen LogP contribution in [0.25, 0.3) is 6.08 Å². The summed E-state index contributed by atoms with van der Waals surface area (Å²) in [6.07, 6.45) is -2.66. The van der Waals surface area contributed by atoms with Crippen molar-refractivity contribution in [2.24, 2.45) is 11.8 Å². The third kappa shape index (κ3) is 5.80. The van der Waals surface area contributed by atoms with Crippen molar-refractivity contribution in [3.63, 3.8) is 0 Å². The number of esters is 2. The minimum atomic E-state index is -1.78. The molecule has 1 saturated heterocycles. The molecule has 10 atom stereocenters. The molecule has 0 bridgehead atoms. The molecule has 1 aromatic rings. The van der Waals surface area contributed by atoms with E-state index in [9.17, 15) is 45.0 Å². The van der Waals surface area contributed by atoms with Gasteiger partial charge in [-0.15, -0.1) is 0 Å². The van der Waals surface area contributed by atoms with Crippen molar-refractivity contribution in [2.45, 2.75) is 55.6 Å². The first kappa shape index (κ1) is 30.4. The van der Waals surface area contributed by atoms with Crippen LogP contribution < -0.4 is 0 Å². The zero-order valence-corrected chi connectivity index (χ0v) is 22.6. The molecule has 1 aromatic carbocycles. The third-order valence-corrected chi connectivity index (χ3v) is 7.74. The van der Waals surface area contributed by atoms with E-state index in [4.69, 9.17) is 23.7 Å². The van der Waals surface area contributed by atoms with Crippen LogP contribution in [0.5, 0.6) is 5.75 Å². The second kappa shape index (κ2) is 11.9. The Hall–Kier alpha value is -4.05. The second-order valence-electron chi connectivity index (χ2n) is 10.5. The maximum Gasteiger partial charge on any atom is 0.338 e. The van der Waals surface area contributed by atoms with Gasteiger partial charge in [0.15, 0.2) is 11.9 Å². The SMILES string of the molecule is CC(OC(=O)C=Cc1ccc(O)cc1)C1=CC2(C=CC3C(C(=O)O)=COC(OC4OC(CO)C(O)C(O)C4O)C32)OC1=O. The Kier molecular flexibility index (Phi) is 8.42. The van der Waals surface area contributed by atoms with E-state index in [0.29, 0.717) is 5.56 Å². The molecule has 0 amide bonds. The normalized spacial score (nSPS) is 35.6. The van der Waals surface area contributed by atoms with Gasteiger partial charge < -0.3 is 54.3 Å². The van der Waals surface area contributed by atoms with Crippen molar-refractivity contribution in [1.29, 1.82) is 0 Å². The lowest BCUT2D eigenvalue weighted by atomic mass is 9.78. The summed E-state index contributed by atoms with van der Waals surface area (Å²) in [5.74, 6) is -4.83. The van der Waals surface area contributed by atoms with E-state index in [-0.39, 0.29) is 16.9 Å². The molecule has 1 aliphatic carbocycles. The molecule has 230 valence electrons. The molecule has 0 saturated carbocycles. The first-order chi connectivity index (χ1) is 20.4. The van der Waals surface area contributed by atoms with Crippen LogP contribution in [0, 0.1) is 11.8 Å². The maximum atomic E-state index is 13.0. The number of hydrogen-bond donors (Lipinski definition) is 6. The third-order valence-electron chi connectivity index (χ3n) is 7.74. The summed E-state index contributed by atoms with van der Waals surface area (Å²) in [5, 5.41) is 59.4. The number of carboxylic acid groups (broad SMARTS) is 1. The molecule has 6 N–H and O–H groups in total. The number of benzene rings is 1. The van der Waals surface area contributed by atoms with Crippen LogP contribution in [-0.4, -0.2) is 104 Å². The van der Waals surface area contributed by atoms with Gasteiger partial charge in [0.25, 0.3) is 0 Å². The molecule has 14 heteroatoms. The highest BCUT2D eigenvalue weighted by Gasteiger charge is 2.59. The highest BCUT2D eigenvalue weighted by molar-refractivity contribution is 5.95. The summed E-state index contributed by atoms with van der Waals surface area (Å²) >= 11 is 0. The smallest absolute Gasteiger partial charge is 0.338 e. The van der Waals surface area contributed by atoms with Crippen molar-refractivity contribution >= 4 is 24.0 Å². The van der Waals surface area contributed by atoms with Crippen molar-refractivity contribution in [3.8, 4) is 5.75 Å². The Balaban J connectivity index is 1.37. The number of rotatable bonds is 8. The van der Waals surface area contributed by atoms with Crippen molar-refractivity contribution in [1.82, 2.24) is 0 Å². The largest absolute Gasteiger partial charge is 0.508 e. The maximum absolute atomic E-state index is 13.0. The van der Waals surface area contributed by atoms with Crippen LogP contribution in [0.3, 0.4) is 0 Å². The average Bonchev–Trinajstić information content (AvgIpc) is 3.52. The number of allylic oxidation sites excluding steroid dienone is 1. The van der Waals surface area contributed by atoms with Crippen molar-refractivity contribution in [3.05, 3.63) is 71.5 Å². The minimum Gasteiger partial charge on any atom is -0.508 e. The number of carbonyl (C=O) groups is 3. The number of aliphatic carboxylic acids is 1.